The predicted molar refractivity (Wildman–Crippen MR) is 113 cm³/mol. The van der Waals surface area contributed by atoms with Gasteiger partial charge in [-0.3, -0.25) is 4.90 Å². The molecule has 1 fully saturated rings. The van der Waals surface area contributed by atoms with Crippen molar-refractivity contribution in [2.24, 2.45) is 10.9 Å². The zero-order chi connectivity index (χ0) is 20.4. The van der Waals surface area contributed by atoms with E-state index in [0.29, 0.717) is 24.3 Å². The molecule has 0 aromatic heterocycles. The minimum absolute atomic E-state index is 0.137. The van der Waals surface area contributed by atoms with E-state index in [2.05, 4.69) is 41.3 Å². The molecule has 1 aliphatic heterocycles. The molecule has 1 aliphatic rings. The fourth-order valence-corrected chi connectivity index (χ4v) is 3.41. The van der Waals surface area contributed by atoms with E-state index in [1.165, 1.54) is 0 Å². The number of hydrogen-bond donors (Lipinski definition) is 3. The van der Waals surface area contributed by atoms with Gasteiger partial charge in [-0.05, 0) is 37.0 Å². The fourth-order valence-electron chi connectivity index (χ4n) is 3.41. The van der Waals surface area contributed by atoms with Gasteiger partial charge in [0.1, 0.15) is 0 Å². The molecular weight excluding hydrogens is 356 g/mol. The van der Waals surface area contributed by atoms with Crippen LogP contribution in [0.15, 0.2) is 23.2 Å². The van der Waals surface area contributed by atoms with Crippen LogP contribution in [0.3, 0.4) is 0 Å². The van der Waals surface area contributed by atoms with Gasteiger partial charge < -0.3 is 25.2 Å². The molecule has 1 heterocycles. The summed E-state index contributed by atoms with van der Waals surface area (Å²) in [6.07, 6.45) is 1.14. The lowest BCUT2D eigenvalue weighted by Crippen LogP contribution is -2.51. The molecular formula is C21H36N4O3. The average Bonchev–Trinajstić information content (AvgIpc) is 2.69. The van der Waals surface area contributed by atoms with E-state index in [0.717, 1.165) is 57.3 Å². The lowest BCUT2D eigenvalue weighted by atomic mass is 10.0. The zero-order valence-electron chi connectivity index (χ0n) is 17.7. The average molecular weight is 393 g/mol. The van der Waals surface area contributed by atoms with Crippen molar-refractivity contribution < 1.29 is 14.6 Å². The molecule has 0 aliphatic carbocycles. The molecule has 0 radical (unpaired) electrons. The Labute approximate surface area is 169 Å². The highest BCUT2D eigenvalue weighted by atomic mass is 16.5. The summed E-state index contributed by atoms with van der Waals surface area (Å²) in [5.74, 6) is 2.04. The molecule has 1 unspecified atom stereocenters. The maximum absolute atomic E-state index is 9.94. The van der Waals surface area contributed by atoms with Crippen molar-refractivity contribution in [3.63, 3.8) is 0 Å². The molecule has 0 spiro atoms. The first-order valence-electron chi connectivity index (χ1n) is 10.2. The van der Waals surface area contributed by atoms with Gasteiger partial charge in [-0.2, -0.15) is 0 Å². The van der Waals surface area contributed by atoms with Gasteiger partial charge in [0.2, 0.25) is 0 Å². The molecule has 7 nitrogen and oxygen atoms in total. The van der Waals surface area contributed by atoms with Crippen molar-refractivity contribution in [3.8, 4) is 11.5 Å². The van der Waals surface area contributed by atoms with Gasteiger partial charge in [-0.15, -0.1) is 0 Å². The highest BCUT2D eigenvalue weighted by Gasteiger charge is 2.22. The third kappa shape index (κ3) is 7.20. The number of nitrogens with one attached hydrogen (secondary N) is 2. The number of aromatic hydroxyl groups is 1. The summed E-state index contributed by atoms with van der Waals surface area (Å²) in [6, 6.07) is 5.83. The second-order valence-electron chi connectivity index (χ2n) is 7.51. The van der Waals surface area contributed by atoms with Crippen molar-refractivity contribution in [2.75, 3.05) is 46.5 Å². The summed E-state index contributed by atoms with van der Waals surface area (Å²) in [6.45, 7) is 12.3. The number of ether oxygens (including phenoxy) is 2. The fraction of sp³-hybridized carbons (Fsp3) is 0.667. The molecule has 3 N–H and O–H groups in total. The first-order chi connectivity index (χ1) is 13.5. The summed E-state index contributed by atoms with van der Waals surface area (Å²) >= 11 is 0. The van der Waals surface area contributed by atoms with Crippen LogP contribution < -0.4 is 15.4 Å². The van der Waals surface area contributed by atoms with Crippen molar-refractivity contribution in [3.05, 3.63) is 23.8 Å². The van der Waals surface area contributed by atoms with Gasteiger partial charge in [-0.25, -0.2) is 4.99 Å². The van der Waals surface area contributed by atoms with Gasteiger partial charge in [-0.1, -0.05) is 19.9 Å². The second kappa shape index (κ2) is 11.8. The third-order valence-electron chi connectivity index (χ3n) is 4.82. The Bertz CT molecular complexity index is 616. The van der Waals surface area contributed by atoms with E-state index >= 15 is 0 Å². The summed E-state index contributed by atoms with van der Waals surface area (Å²) in [5.41, 5.74) is 0.933. The van der Waals surface area contributed by atoms with Gasteiger partial charge in [0.15, 0.2) is 17.5 Å². The van der Waals surface area contributed by atoms with E-state index in [1.54, 1.807) is 19.2 Å². The number of phenols is 1. The SMILES string of the molecule is CCNC(=NCc1ccc(OC)c(O)c1)NCC(CC(C)C)N1CCOCC1. The Hall–Kier alpha value is -1.99. The van der Waals surface area contributed by atoms with Crippen LogP contribution in [0, 0.1) is 5.92 Å². The summed E-state index contributed by atoms with van der Waals surface area (Å²) in [7, 11) is 1.54. The largest absolute Gasteiger partial charge is 0.504 e. The molecule has 2 rings (SSSR count). The van der Waals surface area contributed by atoms with E-state index in [-0.39, 0.29) is 5.75 Å². The number of hydrogen-bond acceptors (Lipinski definition) is 5. The van der Waals surface area contributed by atoms with Crippen molar-refractivity contribution in [2.45, 2.75) is 39.8 Å². The van der Waals surface area contributed by atoms with Crippen LogP contribution in [0.25, 0.3) is 0 Å². The normalized spacial score (nSPS) is 16.8. The Balaban J connectivity index is 1.98. The third-order valence-corrected chi connectivity index (χ3v) is 4.82. The predicted octanol–water partition coefficient (Wildman–Crippen LogP) is 2.20. The van der Waals surface area contributed by atoms with E-state index in [9.17, 15) is 5.11 Å². The number of benzene rings is 1. The van der Waals surface area contributed by atoms with E-state index < -0.39 is 0 Å². The highest BCUT2D eigenvalue weighted by molar-refractivity contribution is 5.79. The Kier molecular flexibility index (Phi) is 9.37. The Morgan fingerprint density at radius 1 is 1.29 bits per heavy atom. The van der Waals surface area contributed by atoms with Gasteiger partial charge in [0.25, 0.3) is 0 Å². The quantitative estimate of drug-likeness (QED) is 0.442. The summed E-state index contributed by atoms with van der Waals surface area (Å²) in [5, 5.41) is 16.8. The standard InChI is InChI=1S/C21H36N4O3/c1-5-22-21(23-14-17-6-7-20(27-4)19(26)13-17)24-15-18(12-16(2)3)25-8-10-28-11-9-25/h6-7,13,16,18,26H,5,8-12,14-15H2,1-4H3,(H2,22,23,24). The highest BCUT2D eigenvalue weighted by Crippen LogP contribution is 2.26. The molecule has 0 bridgehead atoms. The maximum Gasteiger partial charge on any atom is 0.191 e. The lowest BCUT2D eigenvalue weighted by Gasteiger charge is -2.35. The van der Waals surface area contributed by atoms with Crippen LogP contribution in [0.2, 0.25) is 0 Å². The monoisotopic (exact) mass is 392 g/mol. The number of phenolic OH excluding ortho intramolecular Hbond substituents is 1. The van der Waals surface area contributed by atoms with Crippen molar-refractivity contribution >= 4 is 5.96 Å². The van der Waals surface area contributed by atoms with Crippen LogP contribution in [0.4, 0.5) is 0 Å². The molecule has 0 saturated carbocycles. The summed E-state index contributed by atoms with van der Waals surface area (Å²) in [4.78, 5) is 7.19. The molecule has 1 saturated heterocycles. The second-order valence-corrected chi connectivity index (χ2v) is 7.51. The van der Waals surface area contributed by atoms with Crippen molar-refractivity contribution in [1.82, 2.24) is 15.5 Å². The molecule has 158 valence electrons. The Morgan fingerprint density at radius 2 is 2.04 bits per heavy atom. The molecule has 1 aromatic rings. The van der Waals surface area contributed by atoms with Crippen LogP contribution in [-0.4, -0.2) is 68.5 Å². The van der Waals surface area contributed by atoms with E-state index in [1.807, 2.05) is 6.07 Å². The minimum atomic E-state index is 0.137. The number of methoxy groups -OCH3 is 1. The first kappa shape index (κ1) is 22.3. The topological polar surface area (TPSA) is 78.4 Å². The molecule has 7 heteroatoms. The van der Waals surface area contributed by atoms with Crippen molar-refractivity contribution in [1.29, 1.82) is 0 Å². The maximum atomic E-state index is 9.94. The van der Waals surface area contributed by atoms with E-state index in [4.69, 9.17) is 9.47 Å². The lowest BCUT2D eigenvalue weighted by molar-refractivity contribution is 0.0132. The number of nitrogens with zero attached hydrogens (tertiary/aromatic N) is 2. The van der Waals surface area contributed by atoms with Crippen LogP contribution in [-0.2, 0) is 11.3 Å². The molecule has 1 atom stereocenters. The number of rotatable bonds is 9. The minimum Gasteiger partial charge on any atom is -0.504 e. The first-order valence-corrected chi connectivity index (χ1v) is 10.2. The van der Waals surface area contributed by atoms with Crippen LogP contribution >= 0.6 is 0 Å². The van der Waals surface area contributed by atoms with Gasteiger partial charge in [0.05, 0.1) is 26.9 Å². The van der Waals surface area contributed by atoms with Crippen LogP contribution in [0.5, 0.6) is 11.5 Å². The van der Waals surface area contributed by atoms with Crippen LogP contribution in [0.1, 0.15) is 32.8 Å². The Morgan fingerprint density at radius 3 is 2.64 bits per heavy atom. The smallest absolute Gasteiger partial charge is 0.191 e. The molecule has 0 amide bonds. The zero-order valence-corrected chi connectivity index (χ0v) is 17.7. The molecule has 1 aromatic carbocycles. The summed E-state index contributed by atoms with van der Waals surface area (Å²) < 4.78 is 10.6. The van der Waals surface area contributed by atoms with Gasteiger partial charge >= 0.3 is 0 Å². The number of aliphatic imine (C=N–C) groups is 1. The number of morpholine rings is 1. The van der Waals surface area contributed by atoms with Gasteiger partial charge in [0, 0.05) is 32.2 Å². The number of guanidine groups is 1. The molecule has 28 heavy (non-hydrogen) atoms.